The Labute approximate surface area is 201 Å². The summed E-state index contributed by atoms with van der Waals surface area (Å²) in [4.78, 5) is 0. The zero-order chi connectivity index (χ0) is 21.4. The van der Waals surface area contributed by atoms with E-state index in [1.807, 2.05) is 6.07 Å². The van der Waals surface area contributed by atoms with Gasteiger partial charge < -0.3 is 21.7 Å². The van der Waals surface area contributed by atoms with Gasteiger partial charge in [0.05, 0.1) is 19.4 Å². The van der Waals surface area contributed by atoms with Crippen molar-refractivity contribution in [2.45, 2.75) is 12.6 Å². The van der Waals surface area contributed by atoms with E-state index in [4.69, 9.17) is 4.74 Å². The fraction of sp³-hybridized carbons (Fsp3) is 0.143. The molecule has 0 spiro atoms. The van der Waals surface area contributed by atoms with E-state index in [0.29, 0.717) is 13.0 Å². The third kappa shape index (κ3) is 5.46. The standard InChI is InChI=1S/C28H27FOP.BrH/c29-20-11-21-30-25-14-10-19-28(22-25)31(26-15-6-2-7-16-26,27-17-8-3-9-18-27)23-24-12-4-1-5-13-24;/h1-10,12-19,22H,11,20-21,23H2;1H/q+1;/p-1. The minimum absolute atomic E-state index is 0. The number of hydrogen-bond acceptors (Lipinski definition) is 1. The van der Waals surface area contributed by atoms with Crippen LogP contribution in [0, 0.1) is 0 Å². The van der Waals surface area contributed by atoms with E-state index >= 15 is 0 Å². The Kier molecular flexibility index (Phi) is 9.02. The maximum absolute atomic E-state index is 12.6. The molecule has 0 fully saturated rings. The summed E-state index contributed by atoms with van der Waals surface area (Å²) in [6.07, 6.45) is 1.34. The van der Waals surface area contributed by atoms with E-state index in [0.717, 1.165) is 11.9 Å². The normalized spacial score (nSPS) is 10.9. The van der Waals surface area contributed by atoms with Gasteiger partial charge in [-0.05, 0) is 42.0 Å². The van der Waals surface area contributed by atoms with Crippen LogP contribution in [0.5, 0.6) is 5.75 Å². The SMILES string of the molecule is FCCCOc1cccc([P+](Cc2ccccc2)(c2ccccc2)c2ccccc2)c1.[Br-]. The Morgan fingerprint density at radius 2 is 1.16 bits per heavy atom. The van der Waals surface area contributed by atoms with Crippen molar-refractivity contribution >= 4 is 23.2 Å². The maximum atomic E-state index is 12.6. The minimum Gasteiger partial charge on any atom is -1.00 e. The Bertz CT molecular complexity index is 1030. The Balaban J connectivity index is 0.00000289. The summed E-state index contributed by atoms with van der Waals surface area (Å²) in [6, 6.07) is 40.8. The molecule has 4 aromatic carbocycles. The van der Waals surface area contributed by atoms with E-state index in [1.165, 1.54) is 21.5 Å². The monoisotopic (exact) mass is 508 g/mol. The summed E-state index contributed by atoms with van der Waals surface area (Å²) in [6.45, 7) is 0.0272. The lowest BCUT2D eigenvalue weighted by Crippen LogP contribution is -3.00. The van der Waals surface area contributed by atoms with Crippen molar-refractivity contribution in [3.05, 3.63) is 121 Å². The zero-order valence-electron chi connectivity index (χ0n) is 17.9. The van der Waals surface area contributed by atoms with E-state index in [9.17, 15) is 4.39 Å². The lowest BCUT2D eigenvalue weighted by Gasteiger charge is -2.28. The number of rotatable bonds is 9. The summed E-state index contributed by atoms with van der Waals surface area (Å²) in [5.41, 5.74) is 1.31. The van der Waals surface area contributed by atoms with E-state index in [-0.39, 0.29) is 23.7 Å². The number of ether oxygens (including phenoxy) is 1. The van der Waals surface area contributed by atoms with Gasteiger partial charge >= 0.3 is 0 Å². The van der Waals surface area contributed by atoms with Crippen molar-refractivity contribution in [3.63, 3.8) is 0 Å². The number of hydrogen-bond donors (Lipinski definition) is 0. The molecule has 0 saturated carbocycles. The van der Waals surface area contributed by atoms with Crippen LogP contribution in [0.1, 0.15) is 12.0 Å². The molecule has 32 heavy (non-hydrogen) atoms. The fourth-order valence-electron chi connectivity index (χ4n) is 4.00. The summed E-state index contributed by atoms with van der Waals surface area (Å²) in [5, 5.41) is 3.95. The molecule has 0 saturated heterocycles. The molecule has 4 heteroatoms. The Morgan fingerprint density at radius 1 is 0.625 bits per heavy atom. The Hall–Kier alpha value is -2.48. The van der Waals surface area contributed by atoms with Crippen LogP contribution in [-0.4, -0.2) is 13.3 Å². The molecule has 0 aliphatic rings. The highest BCUT2D eigenvalue weighted by Gasteiger charge is 2.45. The first-order valence-electron chi connectivity index (χ1n) is 10.7. The third-order valence-corrected chi connectivity index (χ3v) is 9.82. The molecule has 0 aromatic heterocycles. The van der Waals surface area contributed by atoms with Crippen molar-refractivity contribution in [1.82, 2.24) is 0 Å². The molecule has 0 unspecified atom stereocenters. The van der Waals surface area contributed by atoms with Gasteiger partial charge in [0.25, 0.3) is 0 Å². The minimum atomic E-state index is -2.00. The molecular formula is C28H27BrFOP. The van der Waals surface area contributed by atoms with Gasteiger partial charge in [0, 0.05) is 12.5 Å². The van der Waals surface area contributed by atoms with Gasteiger partial charge in [-0.25, -0.2) is 0 Å². The molecule has 0 heterocycles. The van der Waals surface area contributed by atoms with Crippen molar-refractivity contribution in [3.8, 4) is 5.75 Å². The highest BCUT2D eigenvalue weighted by Crippen LogP contribution is 2.58. The van der Waals surface area contributed by atoms with Crippen LogP contribution in [0.15, 0.2) is 115 Å². The second kappa shape index (κ2) is 11.9. The van der Waals surface area contributed by atoms with Crippen LogP contribution in [0.2, 0.25) is 0 Å². The lowest BCUT2D eigenvalue weighted by molar-refractivity contribution is -0.00000728. The predicted molar refractivity (Wildman–Crippen MR) is 131 cm³/mol. The molecule has 0 N–H and O–H groups in total. The average Bonchev–Trinajstić information content (AvgIpc) is 2.85. The smallest absolute Gasteiger partial charge is 0.123 e. The van der Waals surface area contributed by atoms with Crippen molar-refractivity contribution in [2.75, 3.05) is 13.3 Å². The highest BCUT2D eigenvalue weighted by atomic mass is 79.9. The largest absolute Gasteiger partial charge is 1.00 e. The molecule has 4 rings (SSSR count). The van der Waals surface area contributed by atoms with Gasteiger partial charge in [-0.1, -0.05) is 72.8 Å². The van der Waals surface area contributed by atoms with Crippen LogP contribution in [0.3, 0.4) is 0 Å². The van der Waals surface area contributed by atoms with Gasteiger partial charge in [-0.15, -0.1) is 0 Å². The first kappa shape index (κ1) is 24.2. The van der Waals surface area contributed by atoms with Gasteiger partial charge in [0.2, 0.25) is 0 Å². The van der Waals surface area contributed by atoms with Gasteiger partial charge in [0.1, 0.15) is 28.9 Å². The van der Waals surface area contributed by atoms with Crippen LogP contribution >= 0.6 is 7.26 Å². The molecule has 0 amide bonds. The van der Waals surface area contributed by atoms with E-state index in [2.05, 4.69) is 109 Å². The van der Waals surface area contributed by atoms with Crippen molar-refractivity contribution in [2.24, 2.45) is 0 Å². The molecule has 4 aromatic rings. The number of alkyl halides is 1. The second-order valence-corrected chi connectivity index (χ2v) is 11.0. The number of halogens is 2. The van der Waals surface area contributed by atoms with Crippen LogP contribution in [-0.2, 0) is 6.16 Å². The van der Waals surface area contributed by atoms with Gasteiger partial charge in [-0.3, -0.25) is 4.39 Å². The van der Waals surface area contributed by atoms with E-state index in [1.54, 1.807) is 0 Å². The molecule has 1 nitrogen and oxygen atoms in total. The Morgan fingerprint density at radius 3 is 1.72 bits per heavy atom. The topological polar surface area (TPSA) is 9.23 Å². The molecule has 0 atom stereocenters. The molecule has 164 valence electrons. The summed E-state index contributed by atoms with van der Waals surface area (Å²) < 4.78 is 18.5. The zero-order valence-corrected chi connectivity index (χ0v) is 20.4. The maximum Gasteiger partial charge on any atom is 0.123 e. The third-order valence-electron chi connectivity index (χ3n) is 5.46. The first-order chi connectivity index (χ1) is 15.3. The predicted octanol–water partition coefficient (Wildman–Crippen LogP) is 2.92. The summed E-state index contributed by atoms with van der Waals surface area (Å²) in [5.74, 6) is 0.801. The van der Waals surface area contributed by atoms with Crippen LogP contribution in [0.25, 0.3) is 0 Å². The van der Waals surface area contributed by atoms with E-state index < -0.39 is 7.26 Å². The summed E-state index contributed by atoms with van der Waals surface area (Å²) >= 11 is 0. The molecule has 0 radical (unpaired) electrons. The average molecular weight is 509 g/mol. The van der Waals surface area contributed by atoms with Crippen LogP contribution < -0.4 is 37.6 Å². The van der Waals surface area contributed by atoms with Crippen molar-refractivity contribution in [1.29, 1.82) is 0 Å². The lowest BCUT2D eigenvalue weighted by atomic mass is 10.2. The van der Waals surface area contributed by atoms with Crippen LogP contribution in [0.4, 0.5) is 4.39 Å². The first-order valence-corrected chi connectivity index (χ1v) is 12.6. The second-order valence-electron chi connectivity index (χ2n) is 7.51. The number of benzene rings is 4. The molecule has 0 aliphatic carbocycles. The molecule has 0 bridgehead atoms. The fourth-order valence-corrected chi connectivity index (χ4v) is 8.25. The highest BCUT2D eigenvalue weighted by molar-refractivity contribution is 7.95. The summed E-state index contributed by atoms with van der Waals surface area (Å²) in [7, 11) is -2.00. The van der Waals surface area contributed by atoms with Crippen molar-refractivity contribution < 1.29 is 26.1 Å². The molecular weight excluding hydrogens is 482 g/mol. The van der Waals surface area contributed by atoms with Gasteiger partial charge in [0.15, 0.2) is 0 Å². The molecule has 0 aliphatic heterocycles. The quantitative estimate of drug-likeness (QED) is 0.249. The van der Waals surface area contributed by atoms with Gasteiger partial charge in [-0.2, -0.15) is 0 Å².